The number of guanidine groups is 1. The molecule has 25 heavy (non-hydrogen) atoms. The summed E-state index contributed by atoms with van der Waals surface area (Å²) in [5.74, 6) is 1.79. The second kappa shape index (κ2) is 9.64. The van der Waals surface area contributed by atoms with Gasteiger partial charge in [0.1, 0.15) is 5.76 Å². The van der Waals surface area contributed by atoms with Gasteiger partial charge in [0.2, 0.25) is 0 Å². The van der Waals surface area contributed by atoms with E-state index in [-0.39, 0.29) is 0 Å². The van der Waals surface area contributed by atoms with E-state index < -0.39 is 0 Å². The highest BCUT2D eigenvalue weighted by atomic mass is 32.1. The molecule has 130 valence electrons. The number of nitrogens with one attached hydrogen (secondary N) is 2. The van der Waals surface area contributed by atoms with Gasteiger partial charge in [0.05, 0.1) is 12.8 Å². The lowest BCUT2D eigenvalue weighted by molar-refractivity contribution is 0.506. The van der Waals surface area contributed by atoms with Crippen molar-refractivity contribution >= 4 is 17.3 Å². The predicted octanol–water partition coefficient (Wildman–Crippen LogP) is 3.26. The molecule has 0 aliphatic rings. The zero-order chi connectivity index (χ0) is 17.2. The van der Waals surface area contributed by atoms with Crippen LogP contribution in [0.4, 0.5) is 0 Å². The van der Waals surface area contributed by atoms with E-state index in [1.165, 1.54) is 4.88 Å². The van der Waals surface area contributed by atoms with Crippen LogP contribution < -0.4 is 10.6 Å². The maximum atomic E-state index is 5.37. The molecule has 0 aliphatic carbocycles. The van der Waals surface area contributed by atoms with Gasteiger partial charge in [-0.05, 0) is 35.7 Å². The SMILES string of the molecule is c1ccc(CCNC(=NCc2cccs2)NCCc2ccco2)nc1. The van der Waals surface area contributed by atoms with Gasteiger partial charge < -0.3 is 15.1 Å². The van der Waals surface area contributed by atoms with Crippen molar-refractivity contribution in [3.8, 4) is 0 Å². The van der Waals surface area contributed by atoms with Crippen LogP contribution in [0.3, 0.4) is 0 Å². The number of hydrogen-bond donors (Lipinski definition) is 2. The summed E-state index contributed by atoms with van der Waals surface area (Å²) >= 11 is 1.72. The van der Waals surface area contributed by atoms with Crippen molar-refractivity contribution in [3.63, 3.8) is 0 Å². The Bertz CT molecular complexity index is 739. The quantitative estimate of drug-likeness (QED) is 0.481. The first-order chi connectivity index (χ1) is 12.4. The third-order valence-electron chi connectivity index (χ3n) is 3.62. The fourth-order valence-corrected chi connectivity index (χ4v) is 2.98. The first-order valence-electron chi connectivity index (χ1n) is 8.37. The molecule has 2 N–H and O–H groups in total. The second-order valence-corrected chi connectivity index (χ2v) is 6.53. The molecule has 3 aromatic heterocycles. The van der Waals surface area contributed by atoms with Gasteiger partial charge in [-0.15, -0.1) is 11.3 Å². The summed E-state index contributed by atoms with van der Waals surface area (Å²) in [5.41, 5.74) is 1.07. The van der Waals surface area contributed by atoms with Gasteiger partial charge in [-0.2, -0.15) is 0 Å². The Morgan fingerprint density at radius 2 is 1.96 bits per heavy atom. The van der Waals surface area contributed by atoms with E-state index in [0.717, 1.165) is 43.3 Å². The van der Waals surface area contributed by atoms with E-state index in [1.54, 1.807) is 17.6 Å². The molecule has 0 fully saturated rings. The first kappa shape index (κ1) is 17.2. The van der Waals surface area contributed by atoms with E-state index in [2.05, 4.69) is 32.1 Å². The molecule has 6 heteroatoms. The molecule has 0 amide bonds. The molecule has 3 aromatic rings. The van der Waals surface area contributed by atoms with Crippen molar-refractivity contribution < 1.29 is 4.42 Å². The molecule has 0 spiro atoms. The summed E-state index contributed by atoms with van der Waals surface area (Å²) in [7, 11) is 0. The van der Waals surface area contributed by atoms with Gasteiger partial charge in [0, 0.05) is 42.7 Å². The lowest BCUT2D eigenvalue weighted by Gasteiger charge is -2.12. The molecule has 0 saturated heterocycles. The van der Waals surface area contributed by atoms with Crippen molar-refractivity contribution in [3.05, 3.63) is 76.6 Å². The van der Waals surface area contributed by atoms with Crippen LogP contribution in [0.1, 0.15) is 16.3 Å². The second-order valence-electron chi connectivity index (χ2n) is 5.50. The third-order valence-corrected chi connectivity index (χ3v) is 4.48. The summed E-state index contributed by atoms with van der Waals surface area (Å²) < 4.78 is 5.37. The number of nitrogens with zero attached hydrogens (tertiary/aromatic N) is 2. The van der Waals surface area contributed by atoms with E-state index >= 15 is 0 Å². The molecule has 0 aromatic carbocycles. The van der Waals surface area contributed by atoms with Crippen molar-refractivity contribution in [2.45, 2.75) is 19.4 Å². The summed E-state index contributed by atoms with van der Waals surface area (Å²) in [4.78, 5) is 10.3. The highest BCUT2D eigenvalue weighted by Crippen LogP contribution is 2.09. The molecular formula is C19H22N4OS. The Labute approximate surface area is 151 Å². The number of thiophene rings is 1. The number of rotatable bonds is 8. The topological polar surface area (TPSA) is 62.5 Å². The molecule has 0 unspecified atom stereocenters. The molecular weight excluding hydrogens is 332 g/mol. The summed E-state index contributed by atoms with van der Waals surface area (Å²) in [5, 5.41) is 8.83. The van der Waals surface area contributed by atoms with Gasteiger partial charge >= 0.3 is 0 Å². The molecule has 5 nitrogen and oxygen atoms in total. The molecule has 0 bridgehead atoms. The van der Waals surface area contributed by atoms with Crippen LogP contribution in [-0.4, -0.2) is 24.0 Å². The van der Waals surface area contributed by atoms with Crippen LogP contribution >= 0.6 is 11.3 Å². The molecule has 0 aliphatic heterocycles. The molecule has 3 heterocycles. The van der Waals surface area contributed by atoms with Crippen LogP contribution in [0.25, 0.3) is 0 Å². The fraction of sp³-hybridized carbons (Fsp3) is 0.263. The van der Waals surface area contributed by atoms with Gasteiger partial charge in [-0.25, -0.2) is 4.99 Å². The van der Waals surface area contributed by atoms with Crippen LogP contribution in [-0.2, 0) is 19.4 Å². The fourth-order valence-electron chi connectivity index (χ4n) is 2.35. The first-order valence-corrected chi connectivity index (χ1v) is 9.25. The lowest BCUT2D eigenvalue weighted by Crippen LogP contribution is -2.39. The molecule has 0 saturated carbocycles. The van der Waals surface area contributed by atoms with E-state index in [4.69, 9.17) is 4.42 Å². The Hall–Kier alpha value is -2.60. The van der Waals surface area contributed by atoms with Gasteiger partial charge in [0.25, 0.3) is 0 Å². The summed E-state index contributed by atoms with van der Waals surface area (Å²) in [6.07, 6.45) is 5.21. The maximum absolute atomic E-state index is 5.37. The van der Waals surface area contributed by atoms with Crippen molar-refractivity contribution in [1.82, 2.24) is 15.6 Å². The third kappa shape index (κ3) is 6.08. The van der Waals surface area contributed by atoms with Crippen molar-refractivity contribution in [2.75, 3.05) is 13.1 Å². The zero-order valence-electron chi connectivity index (χ0n) is 14.0. The monoisotopic (exact) mass is 354 g/mol. The van der Waals surface area contributed by atoms with Crippen LogP contribution in [0.2, 0.25) is 0 Å². The molecule has 0 radical (unpaired) electrons. The molecule has 3 rings (SSSR count). The average Bonchev–Trinajstić information content (AvgIpc) is 3.34. The predicted molar refractivity (Wildman–Crippen MR) is 102 cm³/mol. The van der Waals surface area contributed by atoms with Gasteiger partial charge in [0.15, 0.2) is 5.96 Å². The number of furan rings is 1. The minimum absolute atomic E-state index is 0.678. The Morgan fingerprint density at radius 3 is 2.68 bits per heavy atom. The Morgan fingerprint density at radius 1 is 1.04 bits per heavy atom. The Kier molecular flexibility index (Phi) is 6.64. The van der Waals surface area contributed by atoms with Crippen molar-refractivity contribution in [1.29, 1.82) is 0 Å². The minimum atomic E-state index is 0.678. The highest BCUT2D eigenvalue weighted by molar-refractivity contribution is 7.09. The van der Waals surface area contributed by atoms with E-state index in [1.807, 2.05) is 42.6 Å². The standard InChI is InChI=1S/C19H22N4OS/c1-2-10-20-16(5-1)8-11-21-19(23-15-18-7-4-14-25-18)22-12-9-17-6-3-13-24-17/h1-7,10,13-14H,8-9,11-12,15H2,(H2,21,22,23). The number of aliphatic imine (C=N–C) groups is 1. The number of hydrogen-bond acceptors (Lipinski definition) is 4. The summed E-state index contributed by atoms with van der Waals surface area (Å²) in [6.45, 7) is 2.23. The summed E-state index contributed by atoms with van der Waals surface area (Å²) in [6, 6.07) is 14.0. The maximum Gasteiger partial charge on any atom is 0.191 e. The minimum Gasteiger partial charge on any atom is -0.469 e. The van der Waals surface area contributed by atoms with Crippen LogP contribution in [0.5, 0.6) is 0 Å². The zero-order valence-corrected chi connectivity index (χ0v) is 14.8. The number of pyridine rings is 1. The normalized spacial score (nSPS) is 11.4. The van der Waals surface area contributed by atoms with Gasteiger partial charge in [-0.3, -0.25) is 4.98 Å². The smallest absolute Gasteiger partial charge is 0.191 e. The average molecular weight is 354 g/mol. The van der Waals surface area contributed by atoms with E-state index in [0.29, 0.717) is 6.54 Å². The highest BCUT2D eigenvalue weighted by Gasteiger charge is 2.02. The Balaban J connectivity index is 1.50. The van der Waals surface area contributed by atoms with Crippen molar-refractivity contribution in [2.24, 2.45) is 4.99 Å². The largest absolute Gasteiger partial charge is 0.469 e. The number of aromatic nitrogens is 1. The van der Waals surface area contributed by atoms with Crippen LogP contribution in [0.15, 0.2) is 69.7 Å². The molecule has 0 atom stereocenters. The lowest BCUT2D eigenvalue weighted by atomic mass is 10.3. The van der Waals surface area contributed by atoms with Gasteiger partial charge in [-0.1, -0.05) is 12.1 Å². The van der Waals surface area contributed by atoms with E-state index in [9.17, 15) is 0 Å². The van der Waals surface area contributed by atoms with Crippen LogP contribution in [0, 0.1) is 0 Å².